The van der Waals surface area contributed by atoms with E-state index in [1.807, 2.05) is 36.4 Å². The van der Waals surface area contributed by atoms with Crippen molar-refractivity contribution >= 4 is 11.4 Å². The van der Waals surface area contributed by atoms with Crippen molar-refractivity contribution < 1.29 is 0 Å². The highest BCUT2D eigenvalue weighted by Gasteiger charge is 2.05. The number of rotatable bonds is 4. The zero-order valence-electron chi connectivity index (χ0n) is 12.7. The highest BCUT2D eigenvalue weighted by atomic mass is 14.7. The lowest BCUT2D eigenvalue weighted by Gasteiger charge is -2.08. The molecule has 0 heterocycles. The molecule has 1 nitrogen and oxygen atoms in total. The second-order valence-corrected chi connectivity index (χ2v) is 5.42. The molecule has 1 heteroatoms. The summed E-state index contributed by atoms with van der Waals surface area (Å²) in [7, 11) is 0. The Morgan fingerprint density at radius 3 is 1.95 bits per heavy atom. The molecular formula is C21H19N. The van der Waals surface area contributed by atoms with Gasteiger partial charge in [0.1, 0.15) is 0 Å². The van der Waals surface area contributed by atoms with Crippen molar-refractivity contribution in [3.63, 3.8) is 0 Å². The van der Waals surface area contributed by atoms with E-state index in [1.54, 1.807) is 0 Å². The average Bonchev–Trinajstić information content (AvgIpc) is 2.58. The molecule has 22 heavy (non-hydrogen) atoms. The Morgan fingerprint density at radius 2 is 1.32 bits per heavy atom. The lowest BCUT2D eigenvalue weighted by atomic mass is 10.0. The van der Waals surface area contributed by atoms with E-state index in [1.165, 1.54) is 16.7 Å². The molecule has 0 unspecified atom stereocenters. The summed E-state index contributed by atoms with van der Waals surface area (Å²) < 4.78 is 0. The molecule has 0 aliphatic heterocycles. The summed E-state index contributed by atoms with van der Waals surface area (Å²) in [5.74, 6) is 0. The van der Waals surface area contributed by atoms with Crippen molar-refractivity contribution in [2.24, 2.45) is 4.99 Å². The average molecular weight is 285 g/mol. The predicted molar refractivity (Wildman–Crippen MR) is 94.0 cm³/mol. The van der Waals surface area contributed by atoms with E-state index < -0.39 is 0 Å². The summed E-state index contributed by atoms with van der Waals surface area (Å²) in [5, 5.41) is 0. The molecule has 0 spiro atoms. The van der Waals surface area contributed by atoms with Crippen molar-refractivity contribution in [1.29, 1.82) is 0 Å². The topological polar surface area (TPSA) is 12.4 Å². The molecule has 108 valence electrons. The van der Waals surface area contributed by atoms with Crippen LogP contribution in [0.25, 0.3) is 0 Å². The maximum atomic E-state index is 4.86. The van der Waals surface area contributed by atoms with Crippen molar-refractivity contribution in [1.82, 2.24) is 0 Å². The fourth-order valence-electron chi connectivity index (χ4n) is 2.39. The van der Waals surface area contributed by atoms with Crippen LogP contribution in [0.5, 0.6) is 0 Å². The number of benzene rings is 3. The molecule has 0 radical (unpaired) electrons. The summed E-state index contributed by atoms with van der Waals surface area (Å²) in [6.07, 6.45) is 0.833. The van der Waals surface area contributed by atoms with Gasteiger partial charge in [0.15, 0.2) is 0 Å². The number of nitrogens with zero attached hydrogens (tertiary/aromatic N) is 1. The molecule has 0 fully saturated rings. The Morgan fingerprint density at radius 1 is 0.727 bits per heavy atom. The normalized spacial score (nSPS) is 11.4. The smallest absolute Gasteiger partial charge is 0.0633 e. The number of hydrogen-bond donors (Lipinski definition) is 0. The summed E-state index contributed by atoms with van der Waals surface area (Å²) >= 11 is 0. The van der Waals surface area contributed by atoms with Crippen LogP contribution in [-0.4, -0.2) is 5.71 Å². The Labute approximate surface area is 132 Å². The van der Waals surface area contributed by atoms with Gasteiger partial charge in [-0.05, 0) is 30.2 Å². The third kappa shape index (κ3) is 3.70. The van der Waals surface area contributed by atoms with Gasteiger partial charge in [-0.2, -0.15) is 0 Å². The van der Waals surface area contributed by atoms with Gasteiger partial charge in [-0.25, -0.2) is 0 Å². The summed E-state index contributed by atoms with van der Waals surface area (Å²) in [6.45, 7) is 2.11. The van der Waals surface area contributed by atoms with Crippen molar-refractivity contribution in [3.8, 4) is 0 Å². The highest BCUT2D eigenvalue weighted by molar-refractivity contribution is 6.03. The van der Waals surface area contributed by atoms with Gasteiger partial charge >= 0.3 is 0 Å². The van der Waals surface area contributed by atoms with Gasteiger partial charge in [0.05, 0.1) is 11.4 Å². The minimum atomic E-state index is 0.833. The Balaban J connectivity index is 1.96. The van der Waals surface area contributed by atoms with E-state index in [0.717, 1.165) is 17.8 Å². The van der Waals surface area contributed by atoms with E-state index in [-0.39, 0.29) is 0 Å². The van der Waals surface area contributed by atoms with E-state index in [2.05, 4.69) is 55.5 Å². The summed E-state index contributed by atoms with van der Waals surface area (Å²) in [5.41, 5.74) is 5.82. The van der Waals surface area contributed by atoms with Crippen LogP contribution in [0, 0.1) is 6.92 Å². The largest absolute Gasteiger partial charge is 0.252 e. The highest BCUT2D eigenvalue weighted by Crippen LogP contribution is 2.16. The Bertz CT molecular complexity index is 741. The predicted octanol–water partition coefficient (Wildman–Crippen LogP) is 5.36. The second-order valence-electron chi connectivity index (χ2n) is 5.42. The minimum absolute atomic E-state index is 0.833. The molecule has 0 saturated heterocycles. The van der Waals surface area contributed by atoms with Crippen LogP contribution in [0.1, 0.15) is 16.7 Å². The van der Waals surface area contributed by atoms with E-state index in [9.17, 15) is 0 Å². The molecule has 0 aliphatic carbocycles. The summed E-state index contributed by atoms with van der Waals surface area (Å²) in [6, 6.07) is 29.2. The minimum Gasteiger partial charge on any atom is -0.252 e. The Kier molecular flexibility index (Phi) is 4.45. The first-order chi connectivity index (χ1) is 10.8. The van der Waals surface area contributed by atoms with Crippen LogP contribution in [0.4, 0.5) is 5.69 Å². The number of para-hydroxylation sites is 1. The van der Waals surface area contributed by atoms with Gasteiger partial charge in [0.25, 0.3) is 0 Å². The second kappa shape index (κ2) is 6.86. The van der Waals surface area contributed by atoms with Gasteiger partial charge in [-0.3, -0.25) is 4.99 Å². The molecule has 3 aromatic carbocycles. The molecule has 0 saturated carbocycles. The lowest BCUT2D eigenvalue weighted by molar-refractivity contribution is 1.28. The van der Waals surface area contributed by atoms with Gasteiger partial charge in [0, 0.05) is 6.42 Å². The zero-order valence-corrected chi connectivity index (χ0v) is 12.7. The number of aryl methyl sites for hydroxylation is 1. The van der Waals surface area contributed by atoms with Crippen molar-refractivity contribution in [2.45, 2.75) is 13.3 Å². The molecule has 0 bridgehead atoms. The third-order valence-corrected chi connectivity index (χ3v) is 3.62. The molecule has 0 N–H and O–H groups in total. The van der Waals surface area contributed by atoms with Crippen LogP contribution < -0.4 is 0 Å². The first-order valence-corrected chi connectivity index (χ1v) is 7.55. The summed E-state index contributed by atoms with van der Waals surface area (Å²) in [4.78, 5) is 4.86. The fourth-order valence-corrected chi connectivity index (χ4v) is 2.39. The maximum Gasteiger partial charge on any atom is 0.0633 e. The quantitative estimate of drug-likeness (QED) is 0.572. The monoisotopic (exact) mass is 285 g/mol. The third-order valence-electron chi connectivity index (χ3n) is 3.62. The molecule has 0 amide bonds. The van der Waals surface area contributed by atoms with Gasteiger partial charge in [0.2, 0.25) is 0 Å². The Hall–Kier alpha value is -2.67. The number of aliphatic imine (C=N–C) groups is 1. The van der Waals surface area contributed by atoms with Crippen LogP contribution in [0.15, 0.2) is 89.9 Å². The van der Waals surface area contributed by atoms with E-state index >= 15 is 0 Å². The first kappa shape index (κ1) is 14.3. The molecular weight excluding hydrogens is 266 g/mol. The van der Waals surface area contributed by atoms with E-state index in [4.69, 9.17) is 4.99 Å². The molecule has 0 aliphatic rings. The van der Waals surface area contributed by atoms with Gasteiger partial charge < -0.3 is 0 Å². The van der Waals surface area contributed by atoms with Crippen LogP contribution >= 0.6 is 0 Å². The van der Waals surface area contributed by atoms with Crippen LogP contribution in [0.3, 0.4) is 0 Å². The van der Waals surface area contributed by atoms with E-state index in [0.29, 0.717) is 0 Å². The number of hydrogen-bond acceptors (Lipinski definition) is 1. The fraction of sp³-hybridized carbons (Fsp3) is 0.0952. The van der Waals surface area contributed by atoms with Gasteiger partial charge in [-0.15, -0.1) is 0 Å². The lowest BCUT2D eigenvalue weighted by Crippen LogP contribution is -2.05. The van der Waals surface area contributed by atoms with Crippen molar-refractivity contribution in [3.05, 3.63) is 102 Å². The molecule has 3 rings (SSSR count). The van der Waals surface area contributed by atoms with Crippen LogP contribution in [-0.2, 0) is 6.42 Å². The van der Waals surface area contributed by atoms with Gasteiger partial charge in [-0.1, -0.05) is 78.4 Å². The SMILES string of the molecule is Cc1ccc(CC(=Nc2ccccc2)c2ccccc2)cc1. The zero-order chi connectivity index (χ0) is 15.2. The standard InChI is InChI=1S/C21H19N/c1-17-12-14-18(15-13-17)16-21(19-8-4-2-5-9-19)22-20-10-6-3-7-11-20/h2-15H,16H2,1H3. The molecule has 0 atom stereocenters. The maximum absolute atomic E-state index is 4.86. The van der Waals surface area contributed by atoms with Crippen LogP contribution in [0.2, 0.25) is 0 Å². The molecule has 3 aromatic rings. The van der Waals surface area contributed by atoms with Crippen molar-refractivity contribution in [2.75, 3.05) is 0 Å². The molecule has 0 aromatic heterocycles. The first-order valence-electron chi connectivity index (χ1n) is 7.55.